The largest absolute Gasteiger partial charge is 0.381 e. The van der Waals surface area contributed by atoms with Crippen molar-refractivity contribution in [2.24, 2.45) is 10.9 Å². The predicted octanol–water partition coefficient (Wildman–Crippen LogP) is 2.38. The molecule has 2 N–H and O–H groups in total. The van der Waals surface area contributed by atoms with Gasteiger partial charge in [0.2, 0.25) is 5.91 Å². The maximum atomic E-state index is 12.1. The molecule has 2 fully saturated rings. The number of halogens is 1. The minimum atomic E-state index is 0. The van der Waals surface area contributed by atoms with Crippen molar-refractivity contribution in [1.29, 1.82) is 0 Å². The minimum Gasteiger partial charge on any atom is -0.381 e. The molecule has 2 aliphatic rings. The Morgan fingerprint density at radius 1 is 1.16 bits per heavy atom. The highest BCUT2D eigenvalue weighted by Gasteiger charge is 2.17. The molecular formula is C18H35IN4O2. The first-order chi connectivity index (χ1) is 11.7. The zero-order valence-corrected chi connectivity index (χ0v) is 18.1. The first-order valence-corrected chi connectivity index (χ1v) is 9.48. The number of nitrogens with one attached hydrogen (secondary N) is 2. The monoisotopic (exact) mass is 466 g/mol. The molecule has 0 bridgehead atoms. The summed E-state index contributed by atoms with van der Waals surface area (Å²) in [6.07, 6.45) is 9.46. The first kappa shape index (κ1) is 22.5. The normalized spacial score (nSPS) is 19.8. The number of hydrogen-bond acceptors (Lipinski definition) is 3. The molecule has 0 aromatic rings. The average molecular weight is 466 g/mol. The zero-order valence-electron chi connectivity index (χ0n) is 15.8. The summed E-state index contributed by atoms with van der Waals surface area (Å²) in [4.78, 5) is 18.5. The van der Waals surface area contributed by atoms with E-state index >= 15 is 0 Å². The topological polar surface area (TPSA) is 66.0 Å². The Hall–Kier alpha value is -0.570. The summed E-state index contributed by atoms with van der Waals surface area (Å²) in [5.41, 5.74) is 0. The molecule has 0 aromatic carbocycles. The second-order valence-corrected chi connectivity index (χ2v) is 7.07. The van der Waals surface area contributed by atoms with Gasteiger partial charge in [-0.2, -0.15) is 0 Å². The van der Waals surface area contributed by atoms with Crippen LogP contribution in [0.3, 0.4) is 0 Å². The second-order valence-electron chi connectivity index (χ2n) is 7.07. The fourth-order valence-corrected chi connectivity index (χ4v) is 3.59. The standard InChI is InChI=1S/C18H34N4O2.HI/c1-19-18(22(2)11-8-15-9-12-24-13-10-15)20-14-17(23)21-16-6-4-3-5-7-16;/h15-16H,3-14H2,1-2H3,(H,19,20)(H,21,23);1H. The Bertz CT molecular complexity index is 408. The number of amides is 1. The molecular weight excluding hydrogens is 431 g/mol. The summed E-state index contributed by atoms with van der Waals surface area (Å²) in [7, 11) is 3.81. The lowest BCUT2D eigenvalue weighted by Crippen LogP contribution is -2.46. The first-order valence-electron chi connectivity index (χ1n) is 9.48. The molecule has 1 saturated heterocycles. The van der Waals surface area contributed by atoms with Crippen LogP contribution in [-0.2, 0) is 9.53 Å². The van der Waals surface area contributed by atoms with E-state index in [2.05, 4.69) is 20.5 Å². The van der Waals surface area contributed by atoms with Crippen molar-refractivity contribution in [3.8, 4) is 0 Å². The Balaban J connectivity index is 0.00000312. The summed E-state index contributed by atoms with van der Waals surface area (Å²) in [6.45, 7) is 3.03. The summed E-state index contributed by atoms with van der Waals surface area (Å²) in [6, 6.07) is 0.362. The van der Waals surface area contributed by atoms with E-state index in [4.69, 9.17) is 4.74 Å². The molecule has 1 saturated carbocycles. The molecule has 146 valence electrons. The summed E-state index contributed by atoms with van der Waals surface area (Å²) in [5, 5.41) is 6.32. The maximum absolute atomic E-state index is 12.1. The van der Waals surface area contributed by atoms with Crippen LogP contribution < -0.4 is 10.6 Å². The molecule has 1 aliphatic heterocycles. The van der Waals surface area contributed by atoms with Crippen LogP contribution in [0.2, 0.25) is 0 Å². The number of hydrogen-bond donors (Lipinski definition) is 2. The molecule has 1 heterocycles. The van der Waals surface area contributed by atoms with Crippen molar-refractivity contribution in [2.45, 2.75) is 57.4 Å². The molecule has 7 heteroatoms. The van der Waals surface area contributed by atoms with Gasteiger partial charge in [0.05, 0.1) is 6.54 Å². The van der Waals surface area contributed by atoms with E-state index in [0.29, 0.717) is 12.6 Å². The van der Waals surface area contributed by atoms with Crippen LogP contribution in [0, 0.1) is 5.92 Å². The molecule has 1 amide bonds. The second kappa shape index (κ2) is 12.7. The molecule has 25 heavy (non-hydrogen) atoms. The van der Waals surface area contributed by atoms with E-state index in [1.54, 1.807) is 7.05 Å². The van der Waals surface area contributed by atoms with Crippen LogP contribution in [-0.4, -0.2) is 63.2 Å². The van der Waals surface area contributed by atoms with Gasteiger partial charge >= 0.3 is 0 Å². The van der Waals surface area contributed by atoms with Crippen LogP contribution in [0.25, 0.3) is 0 Å². The number of nitrogens with zero attached hydrogens (tertiary/aromatic N) is 2. The van der Waals surface area contributed by atoms with E-state index < -0.39 is 0 Å². The third-order valence-corrected chi connectivity index (χ3v) is 5.16. The van der Waals surface area contributed by atoms with Gasteiger partial charge in [-0.05, 0) is 38.0 Å². The van der Waals surface area contributed by atoms with Crippen LogP contribution in [0.15, 0.2) is 4.99 Å². The number of carbonyl (C=O) groups is 1. The van der Waals surface area contributed by atoms with Gasteiger partial charge < -0.3 is 20.3 Å². The number of carbonyl (C=O) groups excluding carboxylic acids is 1. The fourth-order valence-electron chi connectivity index (χ4n) is 3.59. The molecule has 0 spiro atoms. The van der Waals surface area contributed by atoms with Crippen molar-refractivity contribution < 1.29 is 9.53 Å². The predicted molar refractivity (Wildman–Crippen MR) is 113 cm³/mol. The third-order valence-electron chi connectivity index (χ3n) is 5.16. The quantitative estimate of drug-likeness (QED) is 0.359. The van der Waals surface area contributed by atoms with Gasteiger partial charge in [0.15, 0.2) is 5.96 Å². The molecule has 0 radical (unpaired) electrons. The van der Waals surface area contributed by atoms with Crippen molar-refractivity contribution >= 4 is 35.8 Å². The minimum absolute atomic E-state index is 0. The van der Waals surface area contributed by atoms with E-state index in [1.165, 1.54) is 19.3 Å². The average Bonchev–Trinajstić information content (AvgIpc) is 2.62. The van der Waals surface area contributed by atoms with Gasteiger partial charge in [-0.25, -0.2) is 0 Å². The highest BCUT2D eigenvalue weighted by Crippen LogP contribution is 2.18. The van der Waals surface area contributed by atoms with Crippen molar-refractivity contribution in [1.82, 2.24) is 15.5 Å². The zero-order chi connectivity index (χ0) is 17.2. The Morgan fingerprint density at radius 3 is 2.48 bits per heavy atom. The number of aliphatic imine (C=N–C) groups is 1. The summed E-state index contributed by atoms with van der Waals surface area (Å²) in [5.74, 6) is 1.61. The summed E-state index contributed by atoms with van der Waals surface area (Å²) >= 11 is 0. The summed E-state index contributed by atoms with van der Waals surface area (Å²) < 4.78 is 5.41. The van der Waals surface area contributed by atoms with Gasteiger partial charge in [0.1, 0.15) is 0 Å². The van der Waals surface area contributed by atoms with Crippen molar-refractivity contribution in [3.63, 3.8) is 0 Å². The Labute approximate surface area is 169 Å². The van der Waals surface area contributed by atoms with Gasteiger partial charge in [0.25, 0.3) is 0 Å². The number of ether oxygens (including phenoxy) is 1. The number of guanidine groups is 1. The highest BCUT2D eigenvalue weighted by atomic mass is 127. The van der Waals surface area contributed by atoms with Crippen LogP contribution >= 0.6 is 24.0 Å². The Morgan fingerprint density at radius 2 is 1.84 bits per heavy atom. The molecule has 0 unspecified atom stereocenters. The van der Waals surface area contributed by atoms with Crippen molar-refractivity contribution in [3.05, 3.63) is 0 Å². The van der Waals surface area contributed by atoms with Gasteiger partial charge in [-0.3, -0.25) is 9.79 Å². The maximum Gasteiger partial charge on any atom is 0.239 e. The molecule has 2 rings (SSSR count). The van der Waals surface area contributed by atoms with Gasteiger partial charge in [0, 0.05) is 39.9 Å². The van der Waals surface area contributed by atoms with Crippen LogP contribution in [0.1, 0.15) is 51.4 Å². The van der Waals surface area contributed by atoms with Gasteiger partial charge in [-0.15, -0.1) is 24.0 Å². The molecule has 0 atom stereocenters. The lowest BCUT2D eigenvalue weighted by Gasteiger charge is -2.27. The highest BCUT2D eigenvalue weighted by molar-refractivity contribution is 14.0. The van der Waals surface area contributed by atoms with E-state index in [9.17, 15) is 4.79 Å². The smallest absolute Gasteiger partial charge is 0.239 e. The molecule has 0 aromatic heterocycles. The molecule has 1 aliphatic carbocycles. The van der Waals surface area contributed by atoms with Gasteiger partial charge in [-0.1, -0.05) is 19.3 Å². The Kier molecular flexibility index (Phi) is 11.4. The lowest BCUT2D eigenvalue weighted by atomic mass is 9.95. The third kappa shape index (κ3) is 8.57. The van der Waals surface area contributed by atoms with E-state index in [1.807, 2.05) is 7.05 Å². The van der Waals surface area contributed by atoms with Crippen molar-refractivity contribution in [2.75, 3.05) is 40.4 Å². The van der Waals surface area contributed by atoms with E-state index in [0.717, 1.165) is 63.7 Å². The fraction of sp³-hybridized carbons (Fsp3) is 0.889. The van der Waals surface area contributed by atoms with E-state index in [-0.39, 0.29) is 29.9 Å². The van der Waals surface area contributed by atoms with Crippen LogP contribution in [0.4, 0.5) is 0 Å². The SMILES string of the molecule is CN=C(NCC(=O)NC1CCCCC1)N(C)CCC1CCOCC1.I. The number of rotatable bonds is 6. The molecule has 6 nitrogen and oxygen atoms in total. The van der Waals surface area contributed by atoms with Crippen LogP contribution in [0.5, 0.6) is 0 Å². The lowest BCUT2D eigenvalue weighted by molar-refractivity contribution is -0.120.